The second kappa shape index (κ2) is 7.08. The van der Waals surface area contributed by atoms with Crippen LogP contribution in [0.1, 0.15) is 24.0 Å². The van der Waals surface area contributed by atoms with E-state index >= 15 is 0 Å². The number of hydrogen-bond donors (Lipinski definition) is 0. The van der Waals surface area contributed by atoms with Crippen LogP contribution in [0.15, 0.2) is 24.3 Å². The third kappa shape index (κ3) is 7.02. The van der Waals surface area contributed by atoms with Crippen molar-refractivity contribution in [3.63, 3.8) is 0 Å². The van der Waals surface area contributed by atoms with Gasteiger partial charge in [0, 0.05) is 0 Å². The van der Waals surface area contributed by atoms with Crippen LogP contribution in [0, 0.1) is 6.92 Å². The molecule has 0 aromatic heterocycles. The number of benzene rings is 1. The zero-order valence-corrected chi connectivity index (χ0v) is 12.5. The van der Waals surface area contributed by atoms with Crippen LogP contribution in [0.4, 0.5) is 0 Å². The van der Waals surface area contributed by atoms with Crippen molar-refractivity contribution in [3.8, 4) is 0 Å². The molecule has 1 nitrogen and oxygen atoms in total. The lowest BCUT2D eigenvalue weighted by molar-refractivity contribution is -0.870. The predicted molar refractivity (Wildman–Crippen MR) is 67.0 cm³/mol. The summed E-state index contributed by atoms with van der Waals surface area (Å²) in [6, 6.07) is 8.91. The van der Waals surface area contributed by atoms with Gasteiger partial charge in [-0.05, 0) is 31.7 Å². The number of quaternary nitrogens is 1. The minimum atomic E-state index is 0. The molecule has 0 aliphatic rings. The van der Waals surface area contributed by atoms with Crippen molar-refractivity contribution in [2.45, 2.75) is 26.2 Å². The highest BCUT2D eigenvalue weighted by molar-refractivity contribution is 5.21. The molecule has 0 radical (unpaired) electrons. The van der Waals surface area contributed by atoms with Crippen LogP contribution < -0.4 is 17.0 Å². The molecule has 0 amide bonds. The fourth-order valence-electron chi connectivity index (χ4n) is 1.67. The molecule has 0 unspecified atom stereocenters. The molecule has 0 aliphatic heterocycles. The summed E-state index contributed by atoms with van der Waals surface area (Å²) in [4.78, 5) is 0. The highest BCUT2D eigenvalue weighted by Crippen LogP contribution is 2.08. The SMILES string of the molecule is Cc1ccc(CCCC[N+](C)(C)C)cc1.[Br-]. The molecule has 0 saturated carbocycles. The van der Waals surface area contributed by atoms with Gasteiger partial charge in [-0.15, -0.1) is 0 Å². The Balaban J connectivity index is 0.00000225. The number of halogens is 1. The minimum absolute atomic E-state index is 0. The van der Waals surface area contributed by atoms with Crippen molar-refractivity contribution >= 4 is 0 Å². The third-order valence-corrected chi connectivity index (χ3v) is 2.66. The molecule has 1 rings (SSSR count). The number of nitrogens with zero attached hydrogens (tertiary/aromatic N) is 1. The highest BCUT2D eigenvalue weighted by atomic mass is 79.9. The summed E-state index contributed by atoms with van der Waals surface area (Å²) in [7, 11) is 6.77. The fraction of sp³-hybridized carbons (Fsp3) is 0.571. The van der Waals surface area contributed by atoms with Crippen LogP contribution in [-0.4, -0.2) is 32.2 Å². The second-order valence-electron chi connectivity index (χ2n) is 5.46. The summed E-state index contributed by atoms with van der Waals surface area (Å²) in [5, 5.41) is 0. The molecule has 0 heterocycles. The normalized spacial score (nSPS) is 11.0. The summed E-state index contributed by atoms with van der Waals surface area (Å²) >= 11 is 0. The van der Waals surface area contributed by atoms with Gasteiger partial charge in [-0.25, -0.2) is 0 Å². The lowest BCUT2D eigenvalue weighted by Crippen LogP contribution is -3.00. The maximum Gasteiger partial charge on any atom is 0.0780 e. The van der Waals surface area contributed by atoms with Gasteiger partial charge in [0.05, 0.1) is 27.7 Å². The van der Waals surface area contributed by atoms with Crippen molar-refractivity contribution < 1.29 is 21.5 Å². The molecule has 0 aliphatic carbocycles. The molecule has 0 atom stereocenters. The summed E-state index contributed by atoms with van der Waals surface area (Å²) in [5.74, 6) is 0. The van der Waals surface area contributed by atoms with Gasteiger partial charge in [0.2, 0.25) is 0 Å². The largest absolute Gasteiger partial charge is 1.00 e. The van der Waals surface area contributed by atoms with Crippen LogP contribution in [0.5, 0.6) is 0 Å². The van der Waals surface area contributed by atoms with E-state index in [4.69, 9.17) is 0 Å². The van der Waals surface area contributed by atoms with Crippen molar-refractivity contribution in [2.24, 2.45) is 0 Å². The minimum Gasteiger partial charge on any atom is -1.00 e. The molecule has 0 N–H and O–H groups in total. The Hall–Kier alpha value is -0.340. The van der Waals surface area contributed by atoms with Gasteiger partial charge < -0.3 is 21.5 Å². The maximum absolute atomic E-state index is 2.26. The second-order valence-corrected chi connectivity index (χ2v) is 5.46. The van der Waals surface area contributed by atoms with E-state index in [-0.39, 0.29) is 17.0 Å². The van der Waals surface area contributed by atoms with E-state index in [0.717, 1.165) is 4.48 Å². The van der Waals surface area contributed by atoms with Gasteiger partial charge in [-0.3, -0.25) is 0 Å². The van der Waals surface area contributed by atoms with E-state index < -0.39 is 0 Å². The molecule has 0 bridgehead atoms. The Labute approximate surface area is 111 Å². The van der Waals surface area contributed by atoms with E-state index in [9.17, 15) is 0 Å². The molecule has 0 saturated heterocycles. The highest BCUT2D eigenvalue weighted by Gasteiger charge is 2.05. The molecule has 2 heteroatoms. The lowest BCUT2D eigenvalue weighted by Gasteiger charge is -2.23. The zero-order valence-electron chi connectivity index (χ0n) is 11.0. The van der Waals surface area contributed by atoms with Crippen molar-refractivity contribution in [1.82, 2.24) is 0 Å². The van der Waals surface area contributed by atoms with Gasteiger partial charge in [-0.1, -0.05) is 29.8 Å². The Bertz CT molecular complexity index is 285. The fourth-order valence-corrected chi connectivity index (χ4v) is 1.67. The average Bonchev–Trinajstić information content (AvgIpc) is 2.14. The van der Waals surface area contributed by atoms with Gasteiger partial charge >= 0.3 is 0 Å². The first kappa shape index (κ1) is 15.7. The summed E-state index contributed by atoms with van der Waals surface area (Å²) < 4.78 is 1.08. The molecular weight excluding hydrogens is 262 g/mol. The number of rotatable bonds is 5. The van der Waals surface area contributed by atoms with E-state index in [1.54, 1.807) is 0 Å². The zero-order chi connectivity index (χ0) is 11.3. The Morgan fingerprint density at radius 1 is 0.938 bits per heavy atom. The van der Waals surface area contributed by atoms with Crippen LogP contribution in [-0.2, 0) is 6.42 Å². The van der Waals surface area contributed by atoms with Crippen molar-refractivity contribution in [2.75, 3.05) is 27.7 Å². The molecular formula is C14H24BrN. The Kier molecular flexibility index (Phi) is 6.93. The summed E-state index contributed by atoms with van der Waals surface area (Å²) in [6.07, 6.45) is 3.84. The van der Waals surface area contributed by atoms with Gasteiger partial charge in [-0.2, -0.15) is 0 Å². The number of unbranched alkanes of at least 4 members (excludes halogenated alkanes) is 1. The van der Waals surface area contributed by atoms with Gasteiger partial charge in [0.15, 0.2) is 0 Å². The van der Waals surface area contributed by atoms with Crippen LogP contribution in [0.25, 0.3) is 0 Å². The monoisotopic (exact) mass is 285 g/mol. The van der Waals surface area contributed by atoms with E-state index in [2.05, 4.69) is 52.3 Å². The first-order chi connectivity index (χ1) is 6.97. The Morgan fingerprint density at radius 3 is 2.00 bits per heavy atom. The third-order valence-electron chi connectivity index (χ3n) is 2.66. The molecule has 0 fully saturated rings. The predicted octanol–water partition coefficient (Wildman–Crippen LogP) is 0.0279. The average molecular weight is 286 g/mol. The topological polar surface area (TPSA) is 0 Å². The van der Waals surface area contributed by atoms with Crippen LogP contribution >= 0.6 is 0 Å². The van der Waals surface area contributed by atoms with E-state index in [0.29, 0.717) is 0 Å². The Morgan fingerprint density at radius 2 is 1.50 bits per heavy atom. The lowest BCUT2D eigenvalue weighted by atomic mass is 10.1. The van der Waals surface area contributed by atoms with E-state index in [1.807, 2.05) is 0 Å². The molecule has 1 aromatic rings. The van der Waals surface area contributed by atoms with Crippen LogP contribution in [0.3, 0.4) is 0 Å². The van der Waals surface area contributed by atoms with E-state index in [1.165, 1.54) is 36.9 Å². The summed E-state index contributed by atoms with van der Waals surface area (Å²) in [6.45, 7) is 3.41. The standard InChI is InChI=1S/C14H24N.BrH/c1-13-8-10-14(11-9-13)7-5-6-12-15(2,3)4;/h8-11H,5-7,12H2,1-4H3;1H/q+1;/p-1. The molecule has 0 spiro atoms. The molecule has 16 heavy (non-hydrogen) atoms. The first-order valence-electron chi connectivity index (χ1n) is 5.83. The number of hydrogen-bond acceptors (Lipinski definition) is 0. The van der Waals surface area contributed by atoms with Gasteiger partial charge in [0.1, 0.15) is 0 Å². The van der Waals surface area contributed by atoms with Crippen molar-refractivity contribution in [1.29, 1.82) is 0 Å². The van der Waals surface area contributed by atoms with Crippen LogP contribution in [0.2, 0.25) is 0 Å². The quantitative estimate of drug-likeness (QED) is 0.529. The molecule has 1 aromatic carbocycles. The number of aryl methyl sites for hydroxylation is 2. The first-order valence-corrected chi connectivity index (χ1v) is 5.83. The summed E-state index contributed by atoms with van der Waals surface area (Å²) in [5.41, 5.74) is 2.83. The smallest absolute Gasteiger partial charge is 0.0780 e. The van der Waals surface area contributed by atoms with Crippen molar-refractivity contribution in [3.05, 3.63) is 35.4 Å². The maximum atomic E-state index is 2.26. The molecule has 92 valence electrons. The van der Waals surface area contributed by atoms with Gasteiger partial charge in [0.25, 0.3) is 0 Å².